The Morgan fingerprint density at radius 1 is 0.638 bits per heavy atom. The van der Waals surface area contributed by atoms with Crippen molar-refractivity contribution in [3.8, 4) is 22.6 Å². The summed E-state index contributed by atoms with van der Waals surface area (Å²) in [4.78, 5) is 56.0. The third-order valence-corrected chi connectivity index (χ3v) is 9.74. The number of nitrogens with one attached hydrogen (secondary N) is 4. The summed E-state index contributed by atoms with van der Waals surface area (Å²) in [5.41, 5.74) is 12.4. The Morgan fingerprint density at radius 3 is 1.66 bits per heavy atom. The van der Waals surface area contributed by atoms with E-state index in [1.165, 1.54) is 30.5 Å². The normalized spacial score (nSPS) is 10.7. The van der Waals surface area contributed by atoms with Gasteiger partial charge in [-0.15, -0.1) is 0 Å². The van der Waals surface area contributed by atoms with E-state index in [1.54, 1.807) is 38.5 Å². The summed E-state index contributed by atoms with van der Waals surface area (Å²) in [6, 6.07) is 19.0. The molecular weight excluding hydrogens is 732 g/mol. The van der Waals surface area contributed by atoms with Gasteiger partial charge in [-0.1, -0.05) is 26.0 Å². The largest absolute Gasteiger partial charge is 0.354 e. The molecule has 0 aliphatic heterocycles. The maximum Gasteiger partial charge on any atom is 0.254 e. The number of aryl methyl sites for hydroxylation is 5. The number of rotatable bonds is 8. The van der Waals surface area contributed by atoms with Gasteiger partial charge in [-0.2, -0.15) is 0 Å². The minimum Gasteiger partial charge on any atom is -0.354 e. The Kier molecular flexibility index (Phi) is 12.7. The van der Waals surface area contributed by atoms with Crippen molar-refractivity contribution < 1.29 is 19.7 Å². The van der Waals surface area contributed by atoms with Crippen LogP contribution in [0, 0.1) is 40.4 Å². The summed E-state index contributed by atoms with van der Waals surface area (Å²) >= 11 is 0. The first-order valence-electron chi connectivity index (χ1n) is 18.9. The second-order valence-electron chi connectivity index (χ2n) is 13.4. The van der Waals surface area contributed by atoms with Gasteiger partial charge in [0.15, 0.2) is 5.82 Å². The monoisotopic (exact) mass is 784 g/mol. The zero-order valence-corrected chi connectivity index (χ0v) is 33.5. The quantitative estimate of drug-likeness (QED) is 0.118. The second kappa shape index (κ2) is 18.2. The summed E-state index contributed by atoms with van der Waals surface area (Å²) in [5, 5.41) is 7.94. The molecule has 6 heterocycles. The molecule has 2 aromatic carbocycles. The first-order chi connectivity index (χ1) is 28.1. The zero-order chi connectivity index (χ0) is 41.3. The topological polar surface area (TPSA) is 167 Å². The van der Waals surface area contributed by atoms with Gasteiger partial charge in [-0.3, -0.25) is 19.6 Å². The molecule has 0 unspecified atom stereocenters. The molecule has 0 radical (unpaired) electrons. The van der Waals surface area contributed by atoms with Gasteiger partial charge in [0.25, 0.3) is 11.8 Å². The maximum atomic E-state index is 14.1. The molecule has 13 heteroatoms. The molecule has 4 N–H and O–H groups in total. The molecule has 0 saturated heterocycles. The van der Waals surface area contributed by atoms with Crippen LogP contribution in [0.2, 0.25) is 0 Å². The number of hydrogen-bond acceptors (Lipinski definition) is 8. The van der Waals surface area contributed by atoms with E-state index in [1.807, 2.05) is 58.0 Å². The number of H-pyrrole nitrogens is 2. The van der Waals surface area contributed by atoms with Crippen molar-refractivity contribution in [1.82, 2.24) is 50.5 Å². The number of carbonyl (C=O) groups is 2. The van der Waals surface area contributed by atoms with Crippen molar-refractivity contribution in [3.63, 3.8) is 0 Å². The summed E-state index contributed by atoms with van der Waals surface area (Å²) in [6.07, 6.45) is 9.27. The highest BCUT2D eigenvalue weighted by atomic mass is 19.1. The molecule has 0 bridgehead atoms. The number of pyridine rings is 2. The van der Waals surface area contributed by atoms with Gasteiger partial charge >= 0.3 is 0 Å². The number of nitrogens with zero attached hydrogens (tertiary/aromatic N) is 6. The first kappa shape index (κ1) is 40.5. The van der Waals surface area contributed by atoms with Gasteiger partial charge in [-0.05, 0) is 105 Å². The molecular formula is C45H53FN10O2. The SMILES string of the molecule is CC.Cc1ncncc1C(=O)NCc1ccc2[nH]c(-c3cccnc3C)c(C)c2c1.Cc1ncncc1C(=O)NCc1ccc2[nH]c(-c3ncccc3F)c(C)c2c1.[HH].[HH].[HH].[HH]. The van der Waals surface area contributed by atoms with Gasteiger partial charge in [0, 0.05) is 76.6 Å². The lowest BCUT2D eigenvalue weighted by Gasteiger charge is -2.07. The Hall–Kier alpha value is -7.15. The minimum absolute atomic E-state index is 0. The molecule has 0 spiro atoms. The smallest absolute Gasteiger partial charge is 0.254 e. The van der Waals surface area contributed by atoms with E-state index in [0.29, 0.717) is 47.0 Å². The molecule has 6 aromatic heterocycles. The van der Waals surface area contributed by atoms with Crippen LogP contribution in [0.1, 0.15) is 79.6 Å². The summed E-state index contributed by atoms with van der Waals surface area (Å²) < 4.78 is 14.1. The summed E-state index contributed by atoms with van der Waals surface area (Å²) in [6.45, 7) is 14.4. The van der Waals surface area contributed by atoms with Crippen LogP contribution in [0.4, 0.5) is 4.39 Å². The van der Waals surface area contributed by atoms with E-state index in [-0.39, 0.29) is 23.3 Å². The number of hydrogen-bond donors (Lipinski definition) is 4. The van der Waals surface area contributed by atoms with Crippen molar-refractivity contribution in [2.75, 3.05) is 0 Å². The van der Waals surface area contributed by atoms with E-state index in [2.05, 4.69) is 75.6 Å². The van der Waals surface area contributed by atoms with Crippen molar-refractivity contribution in [2.24, 2.45) is 0 Å². The van der Waals surface area contributed by atoms with Crippen LogP contribution in [0.5, 0.6) is 0 Å². The first-order valence-corrected chi connectivity index (χ1v) is 18.9. The molecule has 2 amide bonds. The molecule has 0 aliphatic rings. The molecule has 0 saturated carbocycles. The molecule has 8 rings (SSSR count). The number of halogens is 1. The molecule has 12 nitrogen and oxygen atoms in total. The average molecular weight is 785 g/mol. The van der Waals surface area contributed by atoms with Gasteiger partial charge < -0.3 is 20.6 Å². The van der Waals surface area contributed by atoms with Gasteiger partial charge in [0.05, 0.1) is 33.9 Å². The Morgan fingerprint density at radius 2 is 1.14 bits per heavy atom. The zero-order valence-electron chi connectivity index (χ0n) is 33.5. The fourth-order valence-corrected chi connectivity index (χ4v) is 6.57. The highest BCUT2D eigenvalue weighted by Crippen LogP contribution is 2.32. The van der Waals surface area contributed by atoms with Crippen molar-refractivity contribution >= 4 is 33.6 Å². The molecule has 58 heavy (non-hydrogen) atoms. The van der Waals surface area contributed by atoms with Crippen LogP contribution < -0.4 is 10.6 Å². The molecule has 302 valence electrons. The molecule has 8 aromatic rings. The molecule has 0 atom stereocenters. The van der Waals surface area contributed by atoms with E-state index < -0.39 is 0 Å². The highest BCUT2D eigenvalue weighted by Gasteiger charge is 2.16. The van der Waals surface area contributed by atoms with Crippen LogP contribution in [0.3, 0.4) is 0 Å². The Balaban J connectivity index is 0.000000386. The van der Waals surface area contributed by atoms with E-state index >= 15 is 0 Å². The van der Waals surface area contributed by atoms with E-state index in [9.17, 15) is 14.0 Å². The lowest BCUT2D eigenvalue weighted by Crippen LogP contribution is -2.24. The Bertz CT molecular complexity index is 2570. The number of benzene rings is 2. The van der Waals surface area contributed by atoms with Crippen LogP contribution in [0.25, 0.3) is 44.5 Å². The number of amides is 2. The van der Waals surface area contributed by atoms with Crippen molar-refractivity contribution in [3.05, 3.63) is 154 Å². The highest BCUT2D eigenvalue weighted by molar-refractivity contribution is 5.96. The third kappa shape index (κ3) is 8.78. The third-order valence-electron chi connectivity index (χ3n) is 9.74. The molecule has 0 aliphatic carbocycles. The standard InChI is InChI=1S/C22H21N5O.C21H18FN5O.C2H6.4H2/c1-13-18-9-16(10-25-22(28)19-11-23-12-26-15(19)3)6-7-20(18)27-21(13)17-5-4-8-24-14(17)2;1-12-15-8-14(9-25-21(28)16-10-23-11-26-13(16)2)5-6-18(15)27-19(12)20-17(22)4-3-7-24-20;1-2;;;;/h4-9,11-12,27H,10H2,1-3H3,(H,25,28);3-8,10-11,27H,9H2,1-2H3,(H,25,28);1-2H3;4*1H. The van der Waals surface area contributed by atoms with Crippen LogP contribution in [0.15, 0.2) is 98.1 Å². The fourth-order valence-electron chi connectivity index (χ4n) is 6.57. The van der Waals surface area contributed by atoms with Crippen molar-refractivity contribution in [2.45, 2.75) is 61.6 Å². The summed E-state index contributed by atoms with van der Waals surface area (Å²) in [7, 11) is 0. The number of aromatic nitrogens is 8. The second-order valence-corrected chi connectivity index (χ2v) is 13.4. The fraction of sp³-hybridized carbons (Fsp3) is 0.200. The van der Waals surface area contributed by atoms with Crippen LogP contribution >= 0.6 is 0 Å². The number of carbonyl (C=O) groups excluding carboxylic acids is 2. The van der Waals surface area contributed by atoms with Gasteiger partial charge in [-0.25, -0.2) is 24.3 Å². The van der Waals surface area contributed by atoms with Gasteiger partial charge in [0.1, 0.15) is 18.3 Å². The minimum atomic E-state index is -0.370. The maximum absolute atomic E-state index is 14.1. The lowest BCUT2D eigenvalue weighted by atomic mass is 10.0. The van der Waals surface area contributed by atoms with E-state index in [0.717, 1.165) is 55.4 Å². The van der Waals surface area contributed by atoms with Crippen LogP contribution in [-0.2, 0) is 13.1 Å². The number of fused-ring (bicyclic) bond motifs is 2. The summed E-state index contributed by atoms with van der Waals surface area (Å²) in [5.74, 6) is -0.763. The van der Waals surface area contributed by atoms with Gasteiger partial charge in [0.2, 0.25) is 0 Å². The lowest BCUT2D eigenvalue weighted by molar-refractivity contribution is 0.0941. The number of aromatic amines is 2. The van der Waals surface area contributed by atoms with Crippen LogP contribution in [-0.4, -0.2) is 51.7 Å². The van der Waals surface area contributed by atoms with Crippen molar-refractivity contribution in [1.29, 1.82) is 0 Å². The predicted octanol–water partition coefficient (Wildman–Crippen LogP) is 9.59. The Labute approximate surface area is 341 Å². The average Bonchev–Trinajstić information content (AvgIpc) is 3.75. The van der Waals surface area contributed by atoms with E-state index in [4.69, 9.17) is 0 Å². The molecule has 0 fully saturated rings. The predicted molar refractivity (Wildman–Crippen MR) is 233 cm³/mol.